The Hall–Kier alpha value is -1.96. The van der Waals surface area contributed by atoms with Gasteiger partial charge in [0, 0.05) is 30.8 Å². The Labute approximate surface area is 148 Å². The van der Waals surface area contributed by atoms with E-state index >= 15 is 0 Å². The molecule has 1 unspecified atom stereocenters. The first-order chi connectivity index (χ1) is 12.3. The zero-order valence-electron chi connectivity index (χ0n) is 15.0. The molecule has 1 heterocycles. The van der Waals surface area contributed by atoms with Crippen LogP contribution in [0, 0.1) is 0 Å². The molecule has 2 aromatic rings. The number of hydrogen-bond acceptors (Lipinski definition) is 7. The molecular formula is C18H28N4O3. The molecule has 0 saturated carbocycles. The van der Waals surface area contributed by atoms with Gasteiger partial charge in [0.2, 0.25) is 0 Å². The monoisotopic (exact) mass is 348 g/mol. The lowest BCUT2D eigenvalue weighted by Gasteiger charge is -2.19. The summed E-state index contributed by atoms with van der Waals surface area (Å²) in [5.41, 5.74) is 6.32. The smallest absolute Gasteiger partial charge is 0.163 e. The summed E-state index contributed by atoms with van der Waals surface area (Å²) in [5.74, 6) is 1.31. The van der Waals surface area contributed by atoms with E-state index in [4.69, 9.17) is 19.9 Å². The SMILES string of the molecule is CCOC(CNCCCCN)COc1cc2ncncc2cc1OC. The van der Waals surface area contributed by atoms with Crippen molar-refractivity contribution in [2.75, 3.05) is 40.0 Å². The van der Waals surface area contributed by atoms with Crippen LogP contribution in [0.3, 0.4) is 0 Å². The van der Waals surface area contributed by atoms with Crippen molar-refractivity contribution in [3.63, 3.8) is 0 Å². The van der Waals surface area contributed by atoms with Gasteiger partial charge in [-0.15, -0.1) is 0 Å². The van der Waals surface area contributed by atoms with Gasteiger partial charge in [0.1, 0.15) is 19.0 Å². The third kappa shape index (κ3) is 6.12. The van der Waals surface area contributed by atoms with Crippen LogP contribution in [0.2, 0.25) is 0 Å². The molecule has 0 aliphatic carbocycles. The largest absolute Gasteiger partial charge is 0.493 e. The summed E-state index contributed by atoms with van der Waals surface area (Å²) in [7, 11) is 1.62. The van der Waals surface area contributed by atoms with Crippen LogP contribution < -0.4 is 20.5 Å². The van der Waals surface area contributed by atoms with E-state index in [2.05, 4.69) is 15.3 Å². The van der Waals surface area contributed by atoms with Crippen molar-refractivity contribution in [2.45, 2.75) is 25.9 Å². The molecule has 0 aliphatic rings. The molecule has 3 N–H and O–H groups in total. The summed E-state index contributed by atoms with van der Waals surface area (Å²) in [5, 5.41) is 4.30. The van der Waals surface area contributed by atoms with Crippen LogP contribution in [-0.4, -0.2) is 56.0 Å². The first kappa shape index (κ1) is 19.4. The molecule has 1 aromatic heterocycles. The molecule has 0 saturated heterocycles. The Morgan fingerprint density at radius 2 is 2.12 bits per heavy atom. The number of rotatable bonds is 12. The topological polar surface area (TPSA) is 91.5 Å². The molecule has 0 spiro atoms. The van der Waals surface area contributed by atoms with Crippen molar-refractivity contribution in [3.05, 3.63) is 24.7 Å². The Kier molecular flexibility index (Phi) is 8.38. The van der Waals surface area contributed by atoms with Crippen LogP contribution in [0.1, 0.15) is 19.8 Å². The van der Waals surface area contributed by atoms with Crippen molar-refractivity contribution in [1.29, 1.82) is 0 Å². The second-order valence-electron chi connectivity index (χ2n) is 5.67. The molecule has 2 rings (SSSR count). The van der Waals surface area contributed by atoms with E-state index in [0.29, 0.717) is 24.7 Å². The summed E-state index contributed by atoms with van der Waals surface area (Å²) < 4.78 is 17.1. The Balaban J connectivity index is 1.95. The number of nitrogens with one attached hydrogen (secondary N) is 1. The highest BCUT2D eigenvalue weighted by molar-refractivity contribution is 5.81. The van der Waals surface area contributed by atoms with Gasteiger partial charge >= 0.3 is 0 Å². The lowest BCUT2D eigenvalue weighted by atomic mass is 10.2. The fourth-order valence-corrected chi connectivity index (χ4v) is 2.50. The van der Waals surface area contributed by atoms with E-state index in [-0.39, 0.29) is 6.10 Å². The van der Waals surface area contributed by atoms with E-state index in [0.717, 1.165) is 43.4 Å². The first-order valence-electron chi connectivity index (χ1n) is 8.71. The van der Waals surface area contributed by atoms with Crippen LogP contribution in [0.5, 0.6) is 11.5 Å². The molecule has 1 atom stereocenters. The molecule has 0 bridgehead atoms. The number of fused-ring (bicyclic) bond motifs is 1. The fraction of sp³-hybridized carbons (Fsp3) is 0.556. The number of nitrogens with two attached hydrogens (primary N) is 1. The Morgan fingerprint density at radius 1 is 1.24 bits per heavy atom. The van der Waals surface area contributed by atoms with Gasteiger partial charge in [-0.1, -0.05) is 0 Å². The van der Waals surface area contributed by atoms with Crippen LogP contribution in [0.15, 0.2) is 24.7 Å². The highest BCUT2D eigenvalue weighted by Gasteiger charge is 2.13. The standard InChI is InChI=1S/C18H28N4O3/c1-3-24-15(11-20-7-5-4-6-19)12-25-18-9-16-14(8-17(18)23-2)10-21-13-22-16/h8-10,13,15,20H,3-7,11-12,19H2,1-2H3. The minimum Gasteiger partial charge on any atom is -0.493 e. The first-order valence-corrected chi connectivity index (χ1v) is 8.71. The number of aromatic nitrogens is 2. The molecule has 0 fully saturated rings. The zero-order chi connectivity index (χ0) is 17.9. The number of nitrogens with zero attached hydrogens (tertiary/aromatic N) is 2. The van der Waals surface area contributed by atoms with Gasteiger partial charge in [-0.3, -0.25) is 0 Å². The Morgan fingerprint density at radius 3 is 2.88 bits per heavy atom. The number of ether oxygens (including phenoxy) is 3. The quantitative estimate of drug-likeness (QED) is 0.565. The highest BCUT2D eigenvalue weighted by atomic mass is 16.5. The lowest BCUT2D eigenvalue weighted by molar-refractivity contribution is 0.0277. The molecule has 1 aromatic carbocycles. The molecule has 0 radical (unpaired) electrons. The van der Waals surface area contributed by atoms with Crippen LogP contribution in [0.4, 0.5) is 0 Å². The number of methoxy groups -OCH3 is 1. The number of benzene rings is 1. The lowest BCUT2D eigenvalue weighted by Crippen LogP contribution is -2.34. The van der Waals surface area contributed by atoms with Gasteiger partial charge in [0.25, 0.3) is 0 Å². The van der Waals surface area contributed by atoms with Gasteiger partial charge in [-0.25, -0.2) is 9.97 Å². The average molecular weight is 348 g/mol. The molecule has 0 aliphatic heterocycles. The minimum absolute atomic E-state index is 0.0336. The maximum absolute atomic E-state index is 5.96. The van der Waals surface area contributed by atoms with Crippen molar-refractivity contribution >= 4 is 10.9 Å². The normalized spacial score (nSPS) is 12.3. The summed E-state index contributed by atoms with van der Waals surface area (Å²) in [6, 6.07) is 3.75. The summed E-state index contributed by atoms with van der Waals surface area (Å²) in [6.07, 6.45) is 5.33. The van der Waals surface area contributed by atoms with Gasteiger partial charge in [-0.05, 0) is 38.9 Å². The number of unbranched alkanes of at least 4 members (excludes halogenated alkanes) is 1. The van der Waals surface area contributed by atoms with E-state index in [1.54, 1.807) is 13.3 Å². The maximum Gasteiger partial charge on any atom is 0.163 e. The van der Waals surface area contributed by atoms with E-state index in [1.807, 2.05) is 19.1 Å². The Bertz CT molecular complexity index is 639. The van der Waals surface area contributed by atoms with Gasteiger partial charge in [-0.2, -0.15) is 0 Å². The predicted molar refractivity (Wildman–Crippen MR) is 98.2 cm³/mol. The zero-order valence-corrected chi connectivity index (χ0v) is 15.0. The van der Waals surface area contributed by atoms with Crippen LogP contribution >= 0.6 is 0 Å². The predicted octanol–water partition coefficient (Wildman–Crippen LogP) is 1.75. The van der Waals surface area contributed by atoms with Crippen molar-refractivity contribution in [1.82, 2.24) is 15.3 Å². The fourth-order valence-electron chi connectivity index (χ4n) is 2.50. The highest BCUT2D eigenvalue weighted by Crippen LogP contribution is 2.31. The molecule has 25 heavy (non-hydrogen) atoms. The van der Waals surface area contributed by atoms with Gasteiger partial charge in [0.05, 0.1) is 12.6 Å². The molecule has 7 nitrogen and oxygen atoms in total. The molecular weight excluding hydrogens is 320 g/mol. The molecule has 7 heteroatoms. The second kappa shape index (κ2) is 10.8. The van der Waals surface area contributed by atoms with E-state index in [1.165, 1.54) is 6.33 Å². The van der Waals surface area contributed by atoms with Crippen molar-refractivity contribution in [2.24, 2.45) is 5.73 Å². The summed E-state index contributed by atoms with van der Waals surface area (Å²) >= 11 is 0. The van der Waals surface area contributed by atoms with E-state index < -0.39 is 0 Å². The number of hydrogen-bond donors (Lipinski definition) is 2. The summed E-state index contributed by atoms with van der Waals surface area (Å²) in [6.45, 7) is 5.44. The van der Waals surface area contributed by atoms with Gasteiger partial charge < -0.3 is 25.3 Å². The molecule has 138 valence electrons. The van der Waals surface area contributed by atoms with Gasteiger partial charge in [0.15, 0.2) is 11.5 Å². The van der Waals surface area contributed by atoms with Crippen LogP contribution in [-0.2, 0) is 4.74 Å². The maximum atomic E-state index is 5.96. The second-order valence-corrected chi connectivity index (χ2v) is 5.67. The van der Waals surface area contributed by atoms with E-state index in [9.17, 15) is 0 Å². The summed E-state index contributed by atoms with van der Waals surface area (Å²) in [4.78, 5) is 8.29. The average Bonchev–Trinajstić information content (AvgIpc) is 2.65. The molecule has 0 amide bonds. The minimum atomic E-state index is -0.0336. The van der Waals surface area contributed by atoms with Crippen molar-refractivity contribution < 1.29 is 14.2 Å². The third-order valence-electron chi connectivity index (χ3n) is 3.80. The van der Waals surface area contributed by atoms with Crippen molar-refractivity contribution in [3.8, 4) is 11.5 Å². The third-order valence-corrected chi connectivity index (χ3v) is 3.80. The van der Waals surface area contributed by atoms with Crippen LogP contribution in [0.25, 0.3) is 10.9 Å².